The second-order valence-electron chi connectivity index (χ2n) is 3.86. The lowest BCUT2D eigenvalue weighted by Crippen LogP contribution is -2.09. The van der Waals surface area contributed by atoms with E-state index in [1.165, 1.54) is 0 Å². The molecule has 2 N–H and O–H groups in total. The molecule has 0 amide bonds. The first-order valence-corrected chi connectivity index (χ1v) is 5.14. The van der Waals surface area contributed by atoms with Crippen molar-refractivity contribution in [2.45, 2.75) is 32.9 Å². The zero-order valence-corrected chi connectivity index (χ0v) is 9.78. The first-order valence-electron chi connectivity index (χ1n) is 5.14. The smallest absolute Gasteiger partial charge is 0.127 e. The van der Waals surface area contributed by atoms with Crippen molar-refractivity contribution >= 4 is 0 Å². The lowest BCUT2D eigenvalue weighted by atomic mass is 10.1. The molecular weight excluding hydrogens is 190 g/mol. The Hall–Kier alpha value is -1.22. The van der Waals surface area contributed by atoms with Crippen molar-refractivity contribution in [3.05, 3.63) is 23.8 Å². The zero-order chi connectivity index (χ0) is 11.4. The molecule has 1 aromatic carbocycles. The number of rotatable bonds is 4. The normalized spacial score (nSPS) is 12.7. The van der Waals surface area contributed by atoms with Crippen LogP contribution in [0.15, 0.2) is 18.2 Å². The minimum Gasteiger partial charge on any atom is -0.496 e. The van der Waals surface area contributed by atoms with Crippen molar-refractivity contribution < 1.29 is 9.47 Å². The summed E-state index contributed by atoms with van der Waals surface area (Å²) >= 11 is 0. The minimum absolute atomic E-state index is 0.0342. The molecular formula is C12H19NO2. The van der Waals surface area contributed by atoms with E-state index in [-0.39, 0.29) is 12.1 Å². The summed E-state index contributed by atoms with van der Waals surface area (Å²) in [7, 11) is 1.64. The number of benzene rings is 1. The predicted molar refractivity (Wildman–Crippen MR) is 61.4 cm³/mol. The third-order valence-electron chi connectivity index (χ3n) is 2.07. The molecule has 1 rings (SSSR count). The largest absolute Gasteiger partial charge is 0.496 e. The Labute approximate surface area is 91.2 Å². The van der Waals surface area contributed by atoms with Gasteiger partial charge >= 0.3 is 0 Å². The highest BCUT2D eigenvalue weighted by Crippen LogP contribution is 2.28. The van der Waals surface area contributed by atoms with Crippen molar-refractivity contribution in [2.75, 3.05) is 7.11 Å². The number of ether oxygens (including phenoxy) is 2. The van der Waals surface area contributed by atoms with Crippen LogP contribution in [0.4, 0.5) is 0 Å². The average Bonchev–Trinajstić information content (AvgIpc) is 2.16. The quantitative estimate of drug-likeness (QED) is 0.828. The molecule has 0 radical (unpaired) electrons. The van der Waals surface area contributed by atoms with Gasteiger partial charge in [0.25, 0.3) is 0 Å². The summed E-state index contributed by atoms with van der Waals surface area (Å²) in [6.07, 6.45) is 0.163. The zero-order valence-electron chi connectivity index (χ0n) is 9.78. The van der Waals surface area contributed by atoms with E-state index in [1.54, 1.807) is 7.11 Å². The fourth-order valence-electron chi connectivity index (χ4n) is 1.41. The van der Waals surface area contributed by atoms with Gasteiger partial charge in [-0.25, -0.2) is 0 Å². The lowest BCUT2D eigenvalue weighted by molar-refractivity contribution is 0.241. The molecule has 0 fully saturated rings. The van der Waals surface area contributed by atoms with Crippen molar-refractivity contribution in [3.63, 3.8) is 0 Å². The van der Waals surface area contributed by atoms with E-state index < -0.39 is 0 Å². The number of hydrogen-bond donors (Lipinski definition) is 1. The maximum absolute atomic E-state index is 5.82. The Bertz CT molecular complexity index is 321. The van der Waals surface area contributed by atoms with Crippen LogP contribution in [-0.4, -0.2) is 13.2 Å². The summed E-state index contributed by atoms with van der Waals surface area (Å²) in [5.41, 5.74) is 6.81. The highest BCUT2D eigenvalue weighted by Gasteiger charge is 2.09. The number of nitrogens with two attached hydrogens (primary N) is 1. The van der Waals surface area contributed by atoms with Gasteiger partial charge in [0.15, 0.2) is 0 Å². The third kappa shape index (κ3) is 3.13. The second-order valence-corrected chi connectivity index (χ2v) is 3.86. The van der Waals surface area contributed by atoms with Gasteiger partial charge in [-0.15, -0.1) is 0 Å². The summed E-state index contributed by atoms with van der Waals surface area (Å²) in [4.78, 5) is 0. The first-order chi connectivity index (χ1) is 7.04. The van der Waals surface area contributed by atoms with Gasteiger partial charge in [0.1, 0.15) is 11.5 Å². The highest BCUT2D eigenvalue weighted by molar-refractivity contribution is 5.42. The molecule has 0 aliphatic carbocycles. The highest BCUT2D eigenvalue weighted by atomic mass is 16.5. The van der Waals surface area contributed by atoms with Gasteiger partial charge in [-0.05, 0) is 26.8 Å². The van der Waals surface area contributed by atoms with Crippen LogP contribution in [0.25, 0.3) is 0 Å². The fourth-order valence-corrected chi connectivity index (χ4v) is 1.41. The van der Waals surface area contributed by atoms with E-state index in [1.807, 2.05) is 39.0 Å². The number of hydrogen-bond acceptors (Lipinski definition) is 3. The molecule has 1 atom stereocenters. The van der Waals surface area contributed by atoms with Crippen LogP contribution in [0.1, 0.15) is 32.4 Å². The average molecular weight is 209 g/mol. The Kier molecular flexibility index (Phi) is 3.97. The third-order valence-corrected chi connectivity index (χ3v) is 2.07. The standard InChI is InChI=1S/C12H19NO2/c1-8(2)15-10-5-6-11(9(3)13)12(7-10)14-4/h5-9H,13H2,1-4H3. The Morgan fingerprint density at radius 3 is 2.33 bits per heavy atom. The van der Waals surface area contributed by atoms with E-state index in [2.05, 4.69) is 0 Å². The summed E-state index contributed by atoms with van der Waals surface area (Å²) < 4.78 is 10.8. The maximum atomic E-state index is 5.82. The molecule has 3 heteroatoms. The second kappa shape index (κ2) is 5.03. The van der Waals surface area contributed by atoms with E-state index >= 15 is 0 Å². The van der Waals surface area contributed by atoms with Gasteiger partial charge in [0.05, 0.1) is 13.2 Å². The molecule has 0 aliphatic rings. The molecule has 0 aliphatic heterocycles. The van der Waals surface area contributed by atoms with Crippen LogP contribution in [-0.2, 0) is 0 Å². The molecule has 1 aromatic rings. The van der Waals surface area contributed by atoms with Crippen LogP contribution in [0, 0.1) is 0 Å². The van der Waals surface area contributed by atoms with Crippen molar-refractivity contribution in [3.8, 4) is 11.5 Å². The van der Waals surface area contributed by atoms with E-state index in [0.717, 1.165) is 17.1 Å². The summed E-state index contributed by atoms with van der Waals surface area (Å²) in [5.74, 6) is 1.59. The molecule has 0 saturated heterocycles. The maximum Gasteiger partial charge on any atom is 0.127 e. The van der Waals surface area contributed by atoms with E-state index in [9.17, 15) is 0 Å². The Balaban J connectivity index is 2.97. The summed E-state index contributed by atoms with van der Waals surface area (Å²) in [5, 5.41) is 0. The Morgan fingerprint density at radius 2 is 1.87 bits per heavy atom. The first kappa shape index (κ1) is 11.9. The number of methoxy groups -OCH3 is 1. The molecule has 1 unspecified atom stereocenters. The van der Waals surface area contributed by atoms with Crippen LogP contribution < -0.4 is 15.2 Å². The molecule has 0 heterocycles. The topological polar surface area (TPSA) is 44.5 Å². The molecule has 84 valence electrons. The van der Waals surface area contributed by atoms with Crippen LogP contribution in [0.5, 0.6) is 11.5 Å². The van der Waals surface area contributed by atoms with Gasteiger partial charge in [0, 0.05) is 17.7 Å². The van der Waals surface area contributed by atoms with Gasteiger partial charge < -0.3 is 15.2 Å². The SMILES string of the molecule is COc1cc(OC(C)C)ccc1C(C)N. The van der Waals surface area contributed by atoms with Crippen LogP contribution in [0.3, 0.4) is 0 Å². The van der Waals surface area contributed by atoms with Crippen molar-refractivity contribution in [1.29, 1.82) is 0 Å². The van der Waals surface area contributed by atoms with E-state index in [0.29, 0.717) is 0 Å². The van der Waals surface area contributed by atoms with Crippen LogP contribution in [0.2, 0.25) is 0 Å². The van der Waals surface area contributed by atoms with E-state index in [4.69, 9.17) is 15.2 Å². The Morgan fingerprint density at radius 1 is 1.20 bits per heavy atom. The van der Waals surface area contributed by atoms with Crippen LogP contribution >= 0.6 is 0 Å². The summed E-state index contributed by atoms with van der Waals surface area (Å²) in [6.45, 7) is 5.92. The van der Waals surface area contributed by atoms with Gasteiger partial charge in [0.2, 0.25) is 0 Å². The molecule has 15 heavy (non-hydrogen) atoms. The van der Waals surface area contributed by atoms with Gasteiger partial charge in [-0.1, -0.05) is 6.07 Å². The van der Waals surface area contributed by atoms with Gasteiger partial charge in [-0.2, -0.15) is 0 Å². The monoisotopic (exact) mass is 209 g/mol. The van der Waals surface area contributed by atoms with Crippen molar-refractivity contribution in [1.82, 2.24) is 0 Å². The minimum atomic E-state index is -0.0342. The van der Waals surface area contributed by atoms with Crippen molar-refractivity contribution in [2.24, 2.45) is 5.73 Å². The predicted octanol–water partition coefficient (Wildman–Crippen LogP) is 2.50. The molecule has 0 bridgehead atoms. The van der Waals surface area contributed by atoms with Gasteiger partial charge in [-0.3, -0.25) is 0 Å². The summed E-state index contributed by atoms with van der Waals surface area (Å²) in [6, 6.07) is 5.70. The lowest BCUT2D eigenvalue weighted by Gasteiger charge is -2.15. The molecule has 3 nitrogen and oxygen atoms in total. The molecule has 0 spiro atoms. The molecule has 0 aromatic heterocycles. The molecule has 0 saturated carbocycles. The fraction of sp³-hybridized carbons (Fsp3) is 0.500.